The molecule has 0 bridgehead atoms. The molecule has 0 aromatic carbocycles. The predicted molar refractivity (Wildman–Crippen MR) is 43.8 cm³/mol. The Morgan fingerprint density at radius 1 is 1.67 bits per heavy atom. The second-order valence-electron chi connectivity index (χ2n) is 4.26. The molecule has 3 atom stereocenters. The molecule has 0 saturated carbocycles. The van der Waals surface area contributed by atoms with Crippen LogP contribution in [0.1, 0.15) is 20.3 Å². The van der Waals surface area contributed by atoms with E-state index in [9.17, 15) is 4.79 Å². The molecule has 0 radical (unpaired) electrons. The number of β-lactam (4-membered cyclic amide) rings is 1. The van der Waals surface area contributed by atoms with E-state index in [2.05, 4.69) is 18.0 Å². The van der Waals surface area contributed by atoms with Gasteiger partial charge in [0.2, 0.25) is 5.91 Å². The molecule has 2 saturated heterocycles. The Bertz CT molecular complexity index is 299. The minimum Gasteiger partial charge on any atom is -0.280 e. The number of hydrogen-bond acceptors (Lipinski definition) is 2. The van der Waals surface area contributed by atoms with E-state index in [1.807, 2.05) is 18.1 Å². The summed E-state index contributed by atoms with van der Waals surface area (Å²) in [5, 5.41) is 3.99. The number of rotatable bonds is 0. The van der Waals surface area contributed by atoms with Gasteiger partial charge in [0.1, 0.15) is 0 Å². The van der Waals surface area contributed by atoms with E-state index in [1.165, 1.54) is 0 Å². The van der Waals surface area contributed by atoms with Crippen molar-refractivity contribution in [3.63, 3.8) is 0 Å². The lowest BCUT2D eigenvalue weighted by Crippen LogP contribution is -2.62. The van der Waals surface area contributed by atoms with Crippen molar-refractivity contribution in [3.05, 3.63) is 12.3 Å². The first kappa shape index (κ1) is 6.52. The molecule has 0 unspecified atom stereocenters. The molecule has 3 rings (SSSR count). The third kappa shape index (κ3) is 0.446. The van der Waals surface area contributed by atoms with Crippen molar-refractivity contribution in [1.82, 2.24) is 10.0 Å². The lowest BCUT2D eigenvalue weighted by Gasteiger charge is -2.48. The largest absolute Gasteiger partial charge is 0.280 e. The highest BCUT2D eigenvalue weighted by atomic mass is 16.2. The zero-order chi connectivity index (χ0) is 8.51. The van der Waals surface area contributed by atoms with Crippen LogP contribution in [0.5, 0.6) is 0 Å². The normalized spacial score (nSPS) is 48.3. The molecular weight excluding hydrogens is 152 g/mol. The van der Waals surface area contributed by atoms with Crippen LogP contribution in [0.25, 0.3) is 0 Å². The highest BCUT2D eigenvalue weighted by Gasteiger charge is 2.60. The molecule has 3 nitrogen and oxygen atoms in total. The summed E-state index contributed by atoms with van der Waals surface area (Å²) < 4.78 is 0. The molecule has 1 amide bonds. The van der Waals surface area contributed by atoms with Gasteiger partial charge in [-0.15, -0.1) is 0 Å². The SMILES string of the molecule is C[C@H]1C(=O)N2[C@@H]1C[C@]1(C)C=CN21. The van der Waals surface area contributed by atoms with E-state index in [0.717, 1.165) is 6.42 Å². The predicted octanol–water partition coefficient (Wildman–Crippen LogP) is 0.740. The minimum absolute atomic E-state index is 0.158. The molecule has 3 heterocycles. The van der Waals surface area contributed by atoms with Crippen LogP contribution in [-0.2, 0) is 4.79 Å². The summed E-state index contributed by atoms with van der Waals surface area (Å²) in [5.74, 6) is 0.530. The molecule has 12 heavy (non-hydrogen) atoms. The highest BCUT2D eigenvalue weighted by molar-refractivity contribution is 5.86. The quantitative estimate of drug-likeness (QED) is 0.493. The summed E-state index contributed by atoms with van der Waals surface area (Å²) in [4.78, 5) is 11.4. The van der Waals surface area contributed by atoms with Crippen LogP contribution in [0.15, 0.2) is 12.3 Å². The summed E-state index contributed by atoms with van der Waals surface area (Å²) >= 11 is 0. The van der Waals surface area contributed by atoms with Gasteiger partial charge in [-0.1, -0.05) is 6.92 Å². The fourth-order valence-corrected chi connectivity index (χ4v) is 2.49. The topological polar surface area (TPSA) is 23.6 Å². The Hall–Kier alpha value is -0.990. The summed E-state index contributed by atoms with van der Waals surface area (Å²) in [5.41, 5.74) is 0.158. The van der Waals surface area contributed by atoms with Crippen molar-refractivity contribution in [2.24, 2.45) is 5.92 Å². The number of fused-ring (bicyclic) bond motifs is 3. The van der Waals surface area contributed by atoms with E-state index in [1.54, 1.807) is 0 Å². The Morgan fingerprint density at radius 3 is 3.00 bits per heavy atom. The molecule has 0 aromatic rings. The molecule has 64 valence electrons. The standard InChI is InChI=1S/C9H12N2O/c1-6-7-5-9(2)3-4-10(9)11(7)8(6)12/h3-4,6-7H,5H2,1-2H3/t6-,7-,9+/m1/s1. The maximum Gasteiger partial charge on any atom is 0.246 e. The monoisotopic (exact) mass is 164 g/mol. The Labute approximate surface area is 71.6 Å². The number of hydrazine groups is 1. The molecule has 3 heteroatoms. The first-order chi connectivity index (χ1) is 5.63. The number of carbonyl (C=O) groups is 1. The summed E-state index contributed by atoms with van der Waals surface area (Å²) in [6.07, 6.45) is 5.30. The van der Waals surface area contributed by atoms with Crippen molar-refractivity contribution >= 4 is 5.91 Å². The number of amides is 1. The zero-order valence-corrected chi connectivity index (χ0v) is 7.32. The first-order valence-electron chi connectivity index (χ1n) is 4.45. The van der Waals surface area contributed by atoms with Gasteiger partial charge in [-0.05, 0) is 19.4 Å². The maximum atomic E-state index is 11.4. The van der Waals surface area contributed by atoms with Crippen LogP contribution in [0.3, 0.4) is 0 Å². The van der Waals surface area contributed by atoms with Gasteiger partial charge in [-0.2, -0.15) is 0 Å². The van der Waals surface area contributed by atoms with Crippen molar-refractivity contribution < 1.29 is 4.79 Å². The van der Waals surface area contributed by atoms with Gasteiger partial charge in [-0.25, -0.2) is 5.01 Å². The molecule has 0 N–H and O–H groups in total. The summed E-state index contributed by atoms with van der Waals surface area (Å²) in [7, 11) is 0. The van der Waals surface area contributed by atoms with E-state index in [0.29, 0.717) is 6.04 Å². The second-order valence-corrected chi connectivity index (χ2v) is 4.26. The van der Waals surface area contributed by atoms with Gasteiger partial charge in [-0.3, -0.25) is 9.80 Å². The molecule has 2 fully saturated rings. The third-order valence-electron chi connectivity index (χ3n) is 3.46. The van der Waals surface area contributed by atoms with Crippen LogP contribution >= 0.6 is 0 Å². The number of carbonyl (C=O) groups excluding carboxylic acids is 1. The van der Waals surface area contributed by atoms with Gasteiger partial charge in [0.05, 0.1) is 17.5 Å². The summed E-state index contributed by atoms with van der Waals surface area (Å²) in [6.45, 7) is 4.21. The average Bonchev–Trinajstić information content (AvgIpc) is 2.23. The second kappa shape index (κ2) is 1.53. The molecule has 0 aliphatic carbocycles. The first-order valence-corrected chi connectivity index (χ1v) is 4.45. The van der Waals surface area contributed by atoms with Crippen molar-refractivity contribution in [2.75, 3.05) is 0 Å². The Morgan fingerprint density at radius 2 is 2.42 bits per heavy atom. The molecule has 3 aliphatic heterocycles. The fourth-order valence-electron chi connectivity index (χ4n) is 2.49. The van der Waals surface area contributed by atoms with E-state index >= 15 is 0 Å². The van der Waals surface area contributed by atoms with Gasteiger partial charge in [0.15, 0.2) is 0 Å². The van der Waals surface area contributed by atoms with Gasteiger partial charge < -0.3 is 0 Å². The van der Waals surface area contributed by atoms with E-state index in [-0.39, 0.29) is 17.4 Å². The van der Waals surface area contributed by atoms with Crippen LogP contribution in [0.2, 0.25) is 0 Å². The van der Waals surface area contributed by atoms with Gasteiger partial charge in [0, 0.05) is 6.20 Å². The van der Waals surface area contributed by atoms with Gasteiger partial charge >= 0.3 is 0 Å². The molecular formula is C9H12N2O. The Kier molecular flexibility index (Phi) is 0.834. The highest BCUT2D eigenvalue weighted by Crippen LogP contribution is 2.49. The Balaban J connectivity index is 1.98. The van der Waals surface area contributed by atoms with Gasteiger partial charge in [0.25, 0.3) is 0 Å². The zero-order valence-electron chi connectivity index (χ0n) is 7.32. The molecule has 3 aliphatic rings. The molecule has 0 aromatic heterocycles. The minimum atomic E-state index is 0.158. The lowest BCUT2D eigenvalue weighted by molar-refractivity contribution is -0.174. The van der Waals surface area contributed by atoms with Crippen LogP contribution < -0.4 is 0 Å². The van der Waals surface area contributed by atoms with Crippen molar-refractivity contribution in [3.8, 4) is 0 Å². The van der Waals surface area contributed by atoms with Crippen LogP contribution in [-0.4, -0.2) is 27.5 Å². The van der Waals surface area contributed by atoms with Crippen molar-refractivity contribution in [1.29, 1.82) is 0 Å². The van der Waals surface area contributed by atoms with Crippen LogP contribution in [0, 0.1) is 5.92 Å². The van der Waals surface area contributed by atoms with E-state index in [4.69, 9.17) is 0 Å². The number of hydrogen-bond donors (Lipinski definition) is 0. The average molecular weight is 164 g/mol. The van der Waals surface area contributed by atoms with E-state index < -0.39 is 0 Å². The smallest absolute Gasteiger partial charge is 0.246 e. The van der Waals surface area contributed by atoms with Crippen molar-refractivity contribution in [2.45, 2.75) is 31.8 Å². The lowest BCUT2D eigenvalue weighted by atomic mass is 9.84. The maximum absolute atomic E-state index is 11.4. The fraction of sp³-hybridized carbons (Fsp3) is 0.667. The third-order valence-corrected chi connectivity index (χ3v) is 3.46. The molecule has 0 spiro atoms. The van der Waals surface area contributed by atoms with Crippen LogP contribution in [0.4, 0.5) is 0 Å². The summed E-state index contributed by atoms with van der Waals surface area (Å²) in [6, 6.07) is 0.470. The number of nitrogens with zero attached hydrogens (tertiary/aromatic N) is 2.